The van der Waals surface area contributed by atoms with E-state index in [0.29, 0.717) is 5.03 Å². The SMILES string of the molecule is C=C(Cl)CN1CC(=O)NC(C(C)(C)C)C1=O. The van der Waals surface area contributed by atoms with Gasteiger partial charge in [-0.1, -0.05) is 39.0 Å². The second-order valence-electron chi connectivity index (χ2n) is 5.08. The molecule has 1 N–H and O–H groups in total. The van der Waals surface area contributed by atoms with E-state index in [9.17, 15) is 9.59 Å². The van der Waals surface area contributed by atoms with Crippen LogP contribution in [0.5, 0.6) is 0 Å². The summed E-state index contributed by atoms with van der Waals surface area (Å²) in [7, 11) is 0. The van der Waals surface area contributed by atoms with Crippen molar-refractivity contribution in [3.63, 3.8) is 0 Å². The molecule has 0 aromatic carbocycles. The average Bonchev–Trinajstić information content (AvgIpc) is 2.07. The molecule has 0 aromatic rings. The molecule has 1 rings (SSSR count). The van der Waals surface area contributed by atoms with Gasteiger partial charge in [0.15, 0.2) is 0 Å². The maximum absolute atomic E-state index is 12.1. The minimum absolute atomic E-state index is 0.0527. The van der Waals surface area contributed by atoms with Crippen molar-refractivity contribution in [3.05, 3.63) is 11.6 Å². The van der Waals surface area contributed by atoms with Gasteiger partial charge in [-0.2, -0.15) is 0 Å². The van der Waals surface area contributed by atoms with Crippen molar-refractivity contribution in [1.29, 1.82) is 0 Å². The number of nitrogens with one attached hydrogen (secondary N) is 1. The molecule has 5 heteroatoms. The molecule has 0 saturated carbocycles. The molecule has 1 atom stereocenters. The lowest BCUT2D eigenvalue weighted by molar-refractivity contribution is -0.146. The maximum atomic E-state index is 12.1. The second-order valence-corrected chi connectivity index (χ2v) is 5.61. The molecule has 4 nitrogen and oxygen atoms in total. The number of halogens is 1. The number of hydrogen-bond donors (Lipinski definition) is 1. The number of rotatable bonds is 2. The number of amides is 2. The third-order valence-corrected chi connectivity index (χ3v) is 2.55. The number of hydrogen-bond acceptors (Lipinski definition) is 2. The molecule has 90 valence electrons. The highest BCUT2D eigenvalue weighted by Gasteiger charge is 2.39. The first-order chi connectivity index (χ1) is 7.21. The fourth-order valence-electron chi connectivity index (χ4n) is 1.63. The average molecular weight is 245 g/mol. The molecular weight excluding hydrogens is 228 g/mol. The summed E-state index contributed by atoms with van der Waals surface area (Å²) in [4.78, 5) is 25.0. The summed E-state index contributed by atoms with van der Waals surface area (Å²) in [5.74, 6) is -0.258. The summed E-state index contributed by atoms with van der Waals surface area (Å²) in [6.07, 6.45) is 0. The molecule has 1 saturated heterocycles. The van der Waals surface area contributed by atoms with E-state index in [1.54, 1.807) is 0 Å². The molecule has 0 bridgehead atoms. The monoisotopic (exact) mass is 244 g/mol. The standard InChI is InChI=1S/C11H17ClN2O2/c1-7(12)5-14-6-8(15)13-9(10(14)16)11(2,3)4/h9H,1,5-6H2,2-4H3,(H,13,15). The van der Waals surface area contributed by atoms with Gasteiger partial charge >= 0.3 is 0 Å². The highest BCUT2D eigenvalue weighted by molar-refractivity contribution is 6.29. The summed E-state index contributed by atoms with van der Waals surface area (Å²) in [5.41, 5.74) is -0.306. The van der Waals surface area contributed by atoms with Gasteiger partial charge in [0.05, 0.1) is 13.1 Å². The maximum Gasteiger partial charge on any atom is 0.246 e. The van der Waals surface area contributed by atoms with Gasteiger partial charge in [-0.15, -0.1) is 0 Å². The molecule has 1 aliphatic rings. The Morgan fingerprint density at radius 1 is 1.56 bits per heavy atom. The van der Waals surface area contributed by atoms with Crippen molar-refractivity contribution in [2.45, 2.75) is 26.8 Å². The van der Waals surface area contributed by atoms with Crippen molar-refractivity contribution < 1.29 is 9.59 Å². The van der Waals surface area contributed by atoms with Gasteiger partial charge in [0.2, 0.25) is 11.8 Å². The van der Waals surface area contributed by atoms with Gasteiger partial charge in [-0.3, -0.25) is 9.59 Å². The molecule has 1 unspecified atom stereocenters. The Balaban J connectivity index is 2.86. The molecule has 2 amide bonds. The first-order valence-electron chi connectivity index (χ1n) is 5.13. The van der Waals surface area contributed by atoms with E-state index in [1.165, 1.54) is 4.90 Å². The highest BCUT2D eigenvalue weighted by Crippen LogP contribution is 2.23. The third kappa shape index (κ3) is 2.98. The molecule has 1 fully saturated rings. The van der Waals surface area contributed by atoms with Crippen molar-refractivity contribution in [2.75, 3.05) is 13.1 Å². The van der Waals surface area contributed by atoms with Crippen LogP contribution in [0, 0.1) is 5.41 Å². The smallest absolute Gasteiger partial charge is 0.246 e. The third-order valence-electron chi connectivity index (χ3n) is 2.43. The van der Waals surface area contributed by atoms with Crippen LogP contribution in [0.3, 0.4) is 0 Å². The van der Waals surface area contributed by atoms with Gasteiger partial charge in [0.1, 0.15) is 6.04 Å². The lowest BCUT2D eigenvalue weighted by Crippen LogP contribution is -2.62. The second kappa shape index (κ2) is 4.45. The lowest BCUT2D eigenvalue weighted by atomic mass is 9.85. The van der Waals surface area contributed by atoms with Crippen LogP contribution in [-0.2, 0) is 9.59 Å². The van der Waals surface area contributed by atoms with Crippen molar-refractivity contribution in [2.24, 2.45) is 5.41 Å². The first kappa shape index (κ1) is 13.0. The predicted molar refractivity (Wildman–Crippen MR) is 63.0 cm³/mol. The number of carbonyl (C=O) groups excluding carboxylic acids is 2. The van der Waals surface area contributed by atoms with E-state index in [0.717, 1.165) is 0 Å². The number of nitrogens with zero attached hydrogens (tertiary/aromatic N) is 1. The molecule has 0 aromatic heterocycles. The minimum Gasteiger partial charge on any atom is -0.342 e. The Bertz CT molecular complexity index is 331. The van der Waals surface area contributed by atoms with Crippen molar-refractivity contribution in [3.8, 4) is 0 Å². The van der Waals surface area contributed by atoms with Crippen molar-refractivity contribution >= 4 is 23.4 Å². The highest BCUT2D eigenvalue weighted by atomic mass is 35.5. The summed E-state index contributed by atoms with van der Waals surface area (Å²) < 4.78 is 0. The van der Waals surface area contributed by atoms with E-state index in [2.05, 4.69) is 11.9 Å². The molecule has 1 heterocycles. The Morgan fingerprint density at radius 2 is 2.12 bits per heavy atom. The van der Waals surface area contributed by atoms with Crippen LogP contribution in [0.25, 0.3) is 0 Å². The summed E-state index contributed by atoms with van der Waals surface area (Å²) in [6, 6.07) is -0.496. The Labute approximate surface area is 101 Å². The van der Waals surface area contributed by atoms with Crippen LogP contribution < -0.4 is 5.32 Å². The lowest BCUT2D eigenvalue weighted by Gasteiger charge is -2.38. The Hall–Kier alpha value is -1.03. The van der Waals surface area contributed by atoms with E-state index in [1.807, 2.05) is 20.8 Å². The van der Waals surface area contributed by atoms with Gasteiger partial charge in [0, 0.05) is 5.03 Å². The van der Waals surface area contributed by atoms with Gasteiger partial charge in [-0.05, 0) is 5.41 Å². The predicted octanol–water partition coefficient (Wildman–Crippen LogP) is 1.11. The molecule has 1 aliphatic heterocycles. The van der Waals surface area contributed by atoms with Gasteiger partial charge in [0.25, 0.3) is 0 Å². The Kier molecular flexibility index (Phi) is 3.63. The fourth-order valence-corrected chi connectivity index (χ4v) is 1.77. The van der Waals surface area contributed by atoms with E-state index >= 15 is 0 Å². The van der Waals surface area contributed by atoms with Crippen LogP contribution in [0.2, 0.25) is 0 Å². The van der Waals surface area contributed by atoms with Crippen LogP contribution in [0.4, 0.5) is 0 Å². The normalized spacial score (nSPS) is 22.0. The zero-order valence-corrected chi connectivity index (χ0v) is 10.6. The number of carbonyl (C=O) groups is 2. The topological polar surface area (TPSA) is 49.4 Å². The van der Waals surface area contributed by atoms with Gasteiger partial charge < -0.3 is 10.2 Å². The zero-order chi connectivity index (χ0) is 12.5. The van der Waals surface area contributed by atoms with Gasteiger partial charge in [-0.25, -0.2) is 0 Å². The molecular formula is C11H17ClN2O2. The van der Waals surface area contributed by atoms with Crippen molar-refractivity contribution in [1.82, 2.24) is 10.2 Å². The first-order valence-corrected chi connectivity index (χ1v) is 5.51. The largest absolute Gasteiger partial charge is 0.342 e. The van der Waals surface area contributed by atoms with E-state index in [4.69, 9.17) is 11.6 Å². The number of piperazine rings is 1. The zero-order valence-electron chi connectivity index (χ0n) is 9.84. The molecule has 16 heavy (non-hydrogen) atoms. The fraction of sp³-hybridized carbons (Fsp3) is 0.636. The Morgan fingerprint density at radius 3 is 2.56 bits per heavy atom. The summed E-state index contributed by atoms with van der Waals surface area (Å²) in [5, 5.41) is 3.06. The van der Waals surface area contributed by atoms with E-state index < -0.39 is 6.04 Å². The summed E-state index contributed by atoms with van der Waals surface area (Å²) in [6.45, 7) is 9.55. The quantitative estimate of drug-likeness (QED) is 0.791. The molecule has 0 radical (unpaired) electrons. The van der Waals surface area contributed by atoms with Crippen LogP contribution in [-0.4, -0.2) is 35.8 Å². The van der Waals surface area contributed by atoms with Crippen LogP contribution >= 0.6 is 11.6 Å². The minimum atomic E-state index is -0.496. The van der Waals surface area contributed by atoms with Crippen LogP contribution in [0.1, 0.15) is 20.8 Å². The molecule has 0 spiro atoms. The summed E-state index contributed by atoms with van der Waals surface area (Å²) >= 11 is 5.67. The molecule has 0 aliphatic carbocycles. The van der Waals surface area contributed by atoms with E-state index in [-0.39, 0.29) is 30.3 Å². The van der Waals surface area contributed by atoms with Crippen LogP contribution in [0.15, 0.2) is 11.6 Å².